The first-order valence-corrected chi connectivity index (χ1v) is 5.87. The number of carbonyl (C=O) groups excluding carboxylic acids is 2. The van der Waals surface area contributed by atoms with Gasteiger partial charge in [-0.3, -0.25) is 15.0 Å². The van der Waals surface area contributed by atoms with Gasteiger partial charge >= 0.3 is 5.97 Å². The minimum atomic E-state index is -0.958. The Labute approximate surface area is 111 Å². The maximum Gasteiger partial charge on any atom is 0.327 e. The third-order valence-electron chi connectivity index (χ3n) is 2.68. The highest BCUT2D eigenvalue weighted by Gasteiger charge is 2.33. The summed E-state index contributed by atoms with van der Waals surface area (Å²) >= 11 is 0. The van der Waals surface area contributed by atoms with E-state index in [1.54, 1.807) is 13.8 Å². The number of nitrogens with zero attached hydrogens (tertiary/aromatic N) is 1. The molecule has 0 saturated heterocycles. The number of benzene rings is 1. The Hall–Kier alpha value is -2.43. The van der Waals surface area contributed by atoms with Gasteiger partial charge in [-0.1, -0.05) is 18.2 Å². The van der Waals surface area contributed by atoms with Crippen LogP contribution in [0.15, 0.2) is 47.3 Å². The van der Waals surface area contributed by atoms with Crippen molar-refractivity contribution in [3.05, 3.63) is 42.2 Å². The molecule has 1 aromatic carbocycles. The van der Waals surface area contributed by atoms with Gasteiger partial charge in [-0.15, -0.1) is 0 Å². The number of anilines is 1. The van der Waals surface area contributed by atoms with Crippen LogP contribution in [0.3, 0.4) is 0 Å². The summed E-state index contributed by atoms with van der Waals surface area (Å²) in [6, 6.07) is 9.28. The van der Waals surface area contributed by atoms with Crippen molar-refractivity contribution >= 4 is 23.2 Å². The number of para-hydroxylation sites is 1. The van der Waals surface area contributed by atoms with E-state index in [2.05, 4.69) is 10.5 Å². The van der Waals surface area contributed by atoms with Crippen LogP contribution in [-0.4, -0.2) is 17.5 Å². The molecule has 1 aliphatic rings. The summed E-state index contributed by atoms with van der Waals surface area (Å²) in [7, 11) is 0. The smallest absolute Gasteiger partial charge is 0.327 e. The molecule has 1 unspecified atom stereocenters. The highest BCUT2D eigenvalue weighted by atomic mass is 16.5. The van der Waals surface area contributed by atoms with Gasteiger partial charge in [0.15, 0.2) is 11.7 Å². The van der Waals surface area contributed by atoms with Gasteiger partial charge in [0.1, 0.15) is 5.76 Å². The second kappa shape index (κ2) is 5.48. The van der Waals surface area contributed by atoms with E-state index in [1.165, 1.54) is 6.08 Å². The van der Waals surface area contributed by atoms with E-state index in [1.807, 2.05) is 30.3 Å². The molecule has 2 rings (SSSR count). The van der Waals surface area contributed by atoms with E-state index in [0.717, 1.165) is 5.69 Å². The van der Waals surface area contributed by atoms with Gasteiger partial charge in [0.2, 0.25) is 0 Å². The van der Waals surface area contributed by atoms with Crippen molar-refractivity contribution in [2.45, 2.75) is 13.8 Å². The molecule has 1 atom stereocenters. The lowest BCUT2D eigenvalue weighted by atomic mass is 9.97. The summed E-state index contributed by atoms with van der Waals surface area (Å²) in [6.45, 7) is 3.19. The fourth-order valence-corrected chi connectivity index (χ4v) is 1.75. The number of hydrazone groups is 1. The maximum atomic E-state index is 11.8. The fraction of sp³-hybridized carbons (Fsp3) is 0.214. The van der Waals surface area contributed by atoms with E-state index >= 15 is 0 Å². The number of cyclic esters (lactones) is 1. The van der Waals surface area contributed by atoms with Crippen LogP contribution in [-0.2, 0) is 14.3 Å². The monoisotopic (exact) mass is 258 g/mol. The molecule has 0 fully saturated rings. The van der Waals surface area contributed by atoms with Crippen LogP contribution in [0.5, 0.6) is 0 Å². The summed E-state index contributed by atoms with van der Waals surface area (Å²) in [4.78, 5) is 23.5. The Morgan fingerprint density at radius 3 is 2.58 bits per heavy atom. The van der Waals surface area contributed by atoms with Gasteiger partial charge in [-0.25, -0.2) is 0 Å². The van der Waals surface area contributed by atoms with Crippen LogP contribution in [0.1, 0.15) is 13.8 Å². The largest absolute Gasteiger partial charge is 0.430 e. The highest BCUT2D eigenvalue weighted by Crippen LogP contribution is 2.16. The van der Waals surface area contributed by atoms with Crippen LogP contribution in [0.2, 0.25) is 0 Å². The fourth-order valence-electron chi connectivity index (χ4n) is 1.75. The number of ketones is 1. The molecule has 0 amide bonds. The summed E-state index contributed by atoms with van der Waals surface area (Å²) in [5.41, 5.74) is 3.96. The molecule has 0 aliphatic carbocycles. The van der Waals surface area contributed by atoms with Crippen molar-refractivity contribution in [3.63, 3.8) is 0 Å². The average Bonchev–Trinajstić information content (AvgIpc) is 2.36. The van der Waals surface area contributed by atoms with Crippen molar-refractivity contribution in [1.82, 2.24) is 0 Å². The summed E-state index contributed by atoms with van der Waals surface area (Å²) in [5, 5.41) is 4.06. The van der Waals surface area contributed by atoms with Crippen molar-refractivity contribution in [2.75, 3.05) is 5.43 Å². The SMILES string of the molecule is CC1=CC(=O)C(/C(C)=N/Nc2ccccc2)C(=O)O1. The van der Waals surface area contributed by atoms with Gasteiger partial charge in [0, 0.05) is 6.08 Å². The van der Waals surface area contributed by atoms with E-state index < -0.39 is 11.9 Å². The Morgan fingerprint density at radius 1 is 1.26 bits per heavy atom. The summed E-state index contributed by atoms with van der Waals surface area (Å²) in [5.74, 6) is -1.53. The molecule has 0 bridgehead atoms. The number of ether oxygens (including phenoxy) is 1. The third kappa shape index (κ3) is 3.07. The van der Waals surface area contributed by atoms with Crippen LogP contribution >= 0.6 is 0 Å². The van der Waals surface area contributed by atoms with Crippen molar-refractivity contribution < 1.29 is 14.3 Å². The number of allylic oxidation sites excluding steroid dienone is 2. The molecule has 0 spiro atoms. The molecule has 5 heteroatoms. The van der Waals surface area contributed by atoms with Gasteiger partial charge < -0.3 is 4.74 Å². The molecule has 98 valence electrons. The van der Waals surface area contributed by atoms with E-state index in [4.69, 9.17) is 4.74 Å². The third-order valence-corrected chi connectivity index (χ3v) is 2.68. The standard InChI is InChI=1S/C14H14N2O3/c1-9-8-12(17)13(14(18)19-9)10(2)15-16-11-6-4-3-5-7-11/h3-8,13,16H,1-2H3/b15-10+. The minimum Gasteiger partial charge on any atom is -0.430 e. The number of carbonyl (C=O) groups is 2. The molecule has 0 saturated carbocycles. The zero-order chi connectivity index (χ0) is 13.8. The normalized spacial score (nSPS) is 19.8. The number of hydrogen-bond acceptors (Lipinski definition) is 5. The van der Waals surface area contributed by atoms with Gasteiger partial charge in [0.05, 0.1) is 11.4 Å². The molecule has 1 aliphatic heterocycles. The second-order valence-electron chi connectivity index (χ2n) is 4.24. The van der Waals surface area contributed by atoms with Crippen LogP contribution in [0.25, 0.3) is 0 Å². The van der Waals surface area contributed by atoms with Crippen LogP contribution < -0.4 is 5.43 Å². The van der Waals surface area contributed by atoms with Crippen LogP contribution in [0.4, 0.5) is 5.69 Å². The zero-order valence-electron chi connectivity index (χ0n) is 10.7. The summed E-state index contributed by atoms with van der Waals surface area (Å²) < 4.78 is 4.94. The number of esters is 1. The lowest BCUT2D eigenvalue weighted by molar-refractivity contribution is -0.146. The molecule has 1 heterocycles. The van der Waals surface area contributed by atoms with E-state index in [-0.39, 0.29) is 5.78 Å². The van der Waals surface area contributed by atoms with Gasteiger partial charge in [-0.05, 0) is 26.0 Å². The predicted octanol–water partition coefficient (Wildman–Crippen LogP) is 2.12. The first-order valence-electron chi connectivity index (χ1n) is 5.87. The van der Waals surface area contributed by atoms with Gasteiger partial charge in [-0.2, -0.15) is 5.10 Å². The quantitative estimate of drug-likeness (QED) is 0.390. The lowest BCUT2D eigenvalue weighted by Gasteiger charge is -2.18. The van der Waals surface area contributed by atoms with Crippen LogP contribution in [0, 0.1) is 5.92 Å². The first kappa shape index (κ1) is 13.0. The minimum absolute atomic E-state index is 0.301. The maximum absolute atomic E-state index is 11.8. The topological polar surface area (TPSA) is 67.8 Å². The Morgan fingerprint density at radius 2 is 1.95 bits per heavy atom. The molecule has 0 aromatic heterocycles. The number of hydrogen-bond donors (Lipinski definition) is 1. The lowest BCUT2D eigenvalue weighted by Crippen LogP contribution is -2.34. The molecule has 1 N–H and O–H groups in total. The highest BCUT2D eigenvalue weighted by molar-refractivity contribution is 6.22. The van der Waals surface area contributed by atoms with E-state index in [0.29, 0.717) is 11.5 Å². The predicted molar refractivity (Wildman–Crippen MR) is 71.5 cm³/mol. The first-order chi connectivity index (χ1) is 9.08. The Kier molecular flexibility index (Phi) is 3.75. The number of nitrogens with one attached hydrogen (secondary N) is 1. The molecule has 19 heavy (non-hydrogen) atoms. The second-order valence-corrected chi connectivity index (χ2v) is 4.24. The number of rotatable bonds is 3. The van der Waals surface area contributed by atoms with E-state index in [9.17, 15) is 9.59 Å². The van der Waals surface area contributed by atoms with Crippen molar-refractivity contribution in [3.8, 4) is 0 Å². The Balaban J connectivity index is 2.13. The zero-order valence-corrected chi connectivity index (χ0v) is 10.7. The summed E-state index contributed by atoms with van der Waals surface area (Å²) in [6.07, 6.45) is 1.31. The molecule has 0 radical (unpaired) electrons. The van der Waals surface area contributed by atoms with Gasteiger partial charge in [0.25, 0.3) is 0 Å². The van der Waals surface area contributed by atoms with Crippen molar-refractivity contribution in [2.24, 2.45) is 11.0 Å². The van der Waals surface area contributed by atoms with Crippen molar-refractivity contribution in [1.29, 1.82) is 0 Å². The molecule has 5 nitrogen and oxygen atoms in total. The average molecular weight is 258 g/mol. The molecule has 1 aromatic rings. The Bertz CT molecular complexity index is 561. The molecular weight excluding hydrogens is 244 g/mol. The molecular formula is C14H14N2O3.